The van der Waals surface area contributed by atoms with Crippen LogP contribution in [0, 0.1) is 6.92 Å². The van der Waals surface area contributed by atoms with Crippen LogP contribution in [0.5, 0.6) is 0 Å². The molecule has 0 aliphatic carbocycles. The number of aliphatic hydroxyl groups is 1. The van der Waals surface area contributed by atoms with Crippen LogP contribution in [0.4, 0.5) is 0 Å². The molecule has 3 N–H and O–H groups in total. The molecule has 0 bridgehead atoms. The maximum absolute atomic E-state index is 8.70. The number of rotatable bonds is 1. The van der Waals surface area contributed by atoms with Gasteiger partial charge in [-0.15, -0.1) is 21.4 Å². The van der Waals surface area contributed by atoms with E-state index in [1.54, 1.807) is 0 Å². The molecule has 0 aliphatic heterocycles. The van der Waals surface area contributed by atoms with Crippen LogP contribution >= 0.6 is 19.9 Å². The Morgan fingerprint density at radius 2 is 1.70 bits per heavy atom. The third-order valence-electron chi connectivity index (χ3n) is 0.178. The van der Waals surface area contributed by atoms with Crippen molar-refractivity contribution in [3.05, 3.63) is 6.92 Å². The summed E-state index contributed by atoms with van der Waals surface area (Å²) in [6.07, 6.45) is -0.600. The van der Waals surface area contributed by atoms with Crippen LogP contribution in [0.1, 0.15) is 0 Å². The summed E-state index contributed by atoms with van der Waals surface area (Å²) in [5, 5.41) is 8.12. The predicted molar refractivity (Wildman–Crippen MR) is 34.1 cm³/mol. The van der Waals surface area contributed by atoms with Crippen LogP contribution in [0.25, 0.3) is 0 Å². The van der Waals surface area contributed by atoms with Gasteiger partial charge in [-0.2, -0.15) is 0 Å². The number of hydrogen-bond donors (Lipinski definition) is 3. The molecular weight excluding hydrogens is 189 g/mol. The molecule has 0 heterocycles. The summed E-state index contributed by atoms with van der Waals surface area (Å²) in [6, 6.07) is 0. The van der Waals surface area contributed by atoms with Crippen molar-refractivity contribution in [1.82, 2.24) is 0 Å². The number of aliphatic hydroxyl groups excluding tert-OH is 1. The van der Waals surface area contributed by atoms with E-state index < -0.39 is 14.4 Å². The minimum absolute atomic E-state index is 0. The van der Waals surface area contributed by atoms with E-state index in [9.17, 15) is 0 Å². The SMILES string of the molecule is O=[P+](O)O.[CH2-]C(O)CCl.[Na+]. The summed E-state index contributed by atoms with van der Waals surface area (Å²) in [5.41, 5.74) is 0. The number of hydrogen-bond acceptors (Lipinski definition) is 2. The number of halogens is 1. The zero-order valence-electron chi connectivity index (χ0n) is 5.57. The van der Waals surface area contributed by atoms with Crippen LogP contribution in [-0.4, -0.2) is 26.9 Å². The molecule has 0 amide bonds. The second kappa shape index (κ2) is 12.9. The minimum atomic E-state index is -2.87. The van der Waals surface area contributed by atoms with Crippen molar-refractivity contribution in [2.45, 2.75) is 6.10 Å². The van der Waals surface area contributed by atoms with Crippen LogP contribution in [0.15, 0.2) is 0 Å². The average molecular weight is 198 g/mol. The third kappa shape index (κ3) is 59.3. The summed E-state index contributed by atoms with van der Waals surface area (Å²) in [6.45, 7) is 3.18. The molecule has 0 saturated carbocycles. The average Bonchev–Trinajstić information content (AvgIpc) is 1.65. The van der Waals surface area contributed by atoms with Gasteiger partial charge in [-0.3, -0.25) is 0 Å². The van der Waals surface area contributed by atoms with Crippen molar-refractivity contribution < 1.29 is 49.0 Å². The molecule has 1 unspecified atom stereocenters. The van der Waals surface area contributed by atoms with Gasteiger partial charge in [0.2, 0.25) is 0 Å². The number of alkyl halides is 1. The van der Waals surface area contributed by atoms with Crippen molar-refractivity contribution in [1.29, 1.82) is 0 Å². The topological polar surface area (TPSA) is 77.8 Å². The second-order valence-electron chi connectivity index (χ2n) is 1.06. The molecule has 0 spiro atoms. The van der Waals surface area contributed by atoms with E-state index in [1.807, 2.05) is 0 Å². The van der Waals surface area contributed by atoms with Crippen molar-refractivity contribution in [2.24, 2.45) is 0 Å². The van der Waals surface area contributed by atoms with E-state index in [1.165, 1.54) is 0 Å². The van der Waals surface area contributed by atoms with Crippen molar-refractivity contribution in [3.63, 3.8) is 0 Å². The molecule has 0 aliphatic rings. The molecule has 1 atom stereocenters. The first-order chi connectivity index (χ1) is 4.00. The zero-order valence-corrected chi connectivity index (χ0v) is 9.22. The van der Waals surface area contributed by atoms with Gasteiger partial charge in [-0.1, -0.05) is 6.10 Å². The molecule has 0 aromatic heterocycles. The monoisotopic (exact) mass is 197 g/mol. The van der Waals surface area contributed by atoms with Gasteiger partial charge in [-0.05, 0) is 0 Å². The maximum Gasteiger partial charge on any atom is 1.00 e. The first-order valence-corrected chi connectivity index (χ1v) is 3.62. The molecule has 4 nitrogen and oxygen atoms in total. The summed E-state index contributed by atoms with van der Waals surface area (Å²) in [7, 11) is -2.87. The summed E-state index contributed by atoms with van der Waals surface area (Å²) in [4.78, 5) is 14.2. The molecule has 0 rings (SSSR count). The quantitative estimate of drug-likeness (QED) is 0.182. The Balaban J connectivity index is -0.0000000910. The Morgan fingerprint density at radius 1 is 1.60 bits per heavy atom. The fraction of sp³-hybridized carbons (Fsp3) is 0.667. The first-order valence-electron chi connectivity index (χ1n) is 1.92. The van der Waals surface area contributed by atoms with Crippen molar-refractivity contribution >= 4 is 19.9 Å². The fourth-order valence-corrected chi connectivity index (χ4v) is 0. The maximum atomic E-state index is 8.70. The minimum Gasteiger partial charge on any atom is -0.424 e. The molecule has 0 fully saturated rings. The van der Waals surface area contributed by atoms with Gasteiger partial charge in [0.25, 0.3) is 0 Å². The molecule has 56 valence electrons. The van der Waals surface area contributed by atoms with Gasteiger partial charge in [0, 0.05) is 10.4 Å². The Morgan fingerprint density at radius 3 is 1.70 bits per heavy atom. The van der Waals surface area contributed by atoms with Crippen LogP contribution < -0.4 is 29.6 Å². The molecular formula is C3H8ClNaO4P+. The predicted octanol–water partition coefficient (Wildman–Crippen LogP) is -2.95. The molecule has 7 heteroatoms. The normalized spacial score (nSPS) is 10.1. The van der Waals surface area contributed by atoms with Crippen LogP contribution in [0.2, 0.25) is 0 Å². The first kappa shape index (κ1) is 17.4. The molecule has 0 aromatic carbocycles. The Kier molecular flexibility index (Phi) is 22.4. The molecule has 10 heavy (non-hydrogen) atoms. The van der Waals surface area contributed by atoms with Gasteiger partial charge >= 0.3 is 37.8 Å². The van der Waals surface area contributed by atoms with E-state index in [4.69, 9.17) is 31.1 Å². The molecule has 0 radical (unpaired) electrons. The summed E-state index contributed by atoms with van der Waals surface area (Å²) < 4.78 is 8.70. The smallest absolute Gasteiger partial charge is 0.424 e. The zero-order chi connectivity index (χ0) is 7.86. The second-order valence-corrected chi connectivity index (χ2v) is 1.87. The van der Waals surface area contributed by atoms with Crippen LogP contribution in [-0.2, 0) is 4.57 Å². The van der Waals surface area contributed by atoms with E-state index in [-0.39, 0.29) is 35.4 Å². The van der Waals surface area contributed by atoms with E-state index in [0.717, 1.165) is 0 Å². The molecule has 0 saturated heterocycles. The third-order valence-corrected chi connectivity index (χ3v) is 0.534. The van der Waals surface area contributed by atoms with Gasteiger partial charge in [0.1, 0.15) is 0 Å². The molecule has 0 aromatic rings. The Labute approximate surface area is 87.5 Å². The van der Waals surface area contributed by atoms with Crippen molar-refractivity contribution in [3.8, 4) is 0 Å². The van der Waals surface area contributed by atoms with Crippen molar-refractivity contribution in [2.75, 3.05) is 5.88 Å². The fourth-order valence-electron chi connectivity index (χ4n) is 0. The summed E-state index contributed by atoms with van der Waals surface area (Å²) in [5.74, 6) is 0.222. The van der Waals surface area contributed by atoms with E-state index >= 15 is 0 Å². The standard InChI is InChI=1S/C3H6ClO.Na.HO3P/c1-3(5)2-4;;1-4(2)3/h3,5H,1-2H2;;(H-,1,2,3)/q-1;+1;/p+1. The van der Waals surface area contributed by atoms with Gasteiger partial charge in [0.05, 0.1) is 0 Å². The summed E-state index contributed by atoms with van der Waals surface area (Å²) >= 11 is 5.02. The van der Waals surface area contributed by atoms with Gasteiger partial charge in [-0.25, -0.2) is 0 Å². The van der Waals surface area contributed by atoms with E-state index in [2.05, 4.69) is 6.92 Å². The van der Waals surface area contributed by atoms with Gasteiger partial charge < -0.3 is 12.0 Å². The Bertz CT molecular complexity index is 76.9. The van der Waals surface area contributed by atoms with Crippen LogP contribution in [0.3, 0.4) is 0 Å². The van der Waals surface area contributed by atoms with Gasteiger partial charge in [0.15, 0.2) is 0 Å². The largest absolute Gasteiger partial charge is 1.00 e. The van der Waals surface area contributed by atoms with E-state index in [0.29, 0.717) is 0 Å². The Hall–Kier alpha value is 1.27.